The average molecular weight is 264 g/mol. The average Bonchev–Trinajstić information content (AvgIpc) is 2.18. The third kappa shape index (κ3) is 5.10. The maximum atomic E-state index is 11.3. The van der Waals surface area contributed by atoms with E-state index in [1.807, 2.05) is 0 Å². The van der Waals surface area contributed by atoms with Crippen LogP contribution in [0.4, 0.5) is 0 Å². The van der Waals surface area contributed by atoms with Gasteiger partial charge in [0.05, 0.1) is 12.6 Å². The van der Waals surface area contributed by atoms with Crippen molar-refractivity contribution in [3.63, 3.8) is 0 Å². The van der Waals surface area contributed by atoms with Gasteiger partial charge < -0.3 is 14.5 Å². The topological polar surface area (TPSA) is 122 Å². The molecule has 0 aliphatic carbocycles. The molecule has 3 N–H and O–H groups in total. The predicted octanol–water partition coefficient (Wildman–Crippen LogP) is -0.923. The Morgan fingerprint density at radius 1 is 1.53 bits per heavy atom. The number of nitrogens with one attached hydrogen (secondary N) is 1. The number of ether oxygens (including phenoxy) is 1. The van der Waals surface area contributed by atoms with E-state index in [1.165, 1.54) is 16.8 Å². The van der Waals surface area contributed by atoms with E-state index in [0.29, 0.717) is 0 Å². The molecule has 8 nitrogen and oxygen atoms in total. The molecule has 0 fully saturated rings. The highest BCUT2D eigenvalue weighted by molar-refractivity contribution is 7.51. The lowest BCUT2D eigenvalue weighted by Crippen LogP contribution is -2.32. The molecular weight excluding hydrogens is 251 g/mol. The van der Waals surface area contributed by atoms with Crippen LogP contribution in [0.2, 0.25) is 0 Å². The quantitative estimate of drug-likeness (QED) is 0.591. The van der Waals surface area contributed by atoms with Crippen LogP contribution in [-0.2, 0) is 15.8 Å². The van der Waals surface area contributed by atoms with Crippen molar-refractivity contribution in [2.75, 3.05) is 6.35 Å². The Labute approximate surface area is 96.0 Å². The van der Waals surface area contributed by atoms with Gasteiger partial charge in [-0.05, 0) is 6.92 Å². The van der Waals surface area contributed by atoms with Crippen LogP contribution in [0.3, 0.4) is 0 Å². The van der Waals surface area contributed by atoms with Crippen molar-refractivity contribution in [1.82, 2.24) is 9.55 Å². The maximum Gasteiger partial charge on any atom is 0.350 e. The second-order valence-corrected chi connectivity index (χ2v) is 5.12. The first-order valence-electron chi connectivity index (χ1n) is 4.74. The minimum atomic E-state index is -4.21. The number of aromatic amines is 1. The molecule has 0 amide bonds. The summed E-state index contributed by atoms with van der Waals surface area (Å²) in [6, 6.07) is 1.18. The Bertz CT molecular complexity index is 529. The van der Waals surface area contributed by atoms with Crippen molar-refractivity contribution in [2.45, 2.75) is 19.6 Å². The summed E-state index contributed by atoms with van der Waals surface area (Å²) in [5, 5.41) is 0. The molecule has 96 valence electrons. The summed E-state index contributed by atoms with van der Waals surface area (Å²) in [6.07, 6.45) is 0.0244. The zero-order chi connectivity index (χ0) is 13.1. The van der Waals surface area contributed by atoms with E-state index < -0.39 is 31.3 Å². The van der Waals surface area contributed by atoms with Gasteiger partial charge in [0.2, 0.25) is 0 Å². The van der Waals surface area contributed by atoms with E-state index in [9.17, 15) is 14.2 Å². The fraction of sp³-hybridized carbons (Fsp3) is 0.500. The van der Waals surface area contributed by atoms with Crippen LogP contribution in [0, 0.1) is 0 Å². The molecule has 0 radical (unpaired) electrons. The monoisotopic (exact) mass is 264 g/mol. The number of H-pyrrole nitrogens is 1. The SMILES string of the molecule is CC(Cn1ccc(=O)[nH]c1=O)OCP(=O)(O)O. The Morgan fingerprint density at radius 3 is 2.71 bits per heavy atom. The minimum absolute atomic E-state index is 0.0929. The summed E-state index contributed by atoms with van der Waals surface area (Å²) in [5.41, 5.74) is -1.10. The molecule has 1 unspecified atom stereocenters. The molecule has 0 spiro atoms. The molecule has 9 heteroatoms. The van der Waals surface area contributed by atoms with Crippen molar-refractivity contribution in [3.8, 4) is 0 Å². The third-order valence-corrected chi connectivity index (χ3v) is 2.36. The molecule has 0 aliphatic heterocycles. The van der Waals surface area contributed by atoms with Crippen LogP contribution in [-0.4, -0.2) is 31.8 Å². The van der Waals surface area contributed by atoms with E-state index in [-0.39, 0.29) is 6.54 Å². The van der Waals surface area contributed by atoms with Crippen LogP contribution >= 0.6 is 7.60 Å². The van der Waals surface area contributed by atoms with Crippen molar-refractivity contribution in [3.05, 3.63) is 33.1 Å². The van der Waals surface area contributed by atoms with Crippen molar-refractivity contribution in [1.29, 1.82) is 0 Å². The normalized spacial score (nSPS) is 13.6. The van der Waals surface area contributed by atoms with Crippen LogP contribution in [0.15, 0.2) is 21.9 Å². The fourth-order valence-electron chi connectivity index (χ4n) is 1.14. The van der Waals surface area contributed by atoms with Gasteiger partial charge in [-0.2, -0.15) is 0 Å². The standard InChI is InChI=1S/C8H13N2O6P/c1-6(16-5-17(13,14)15)4-10-3-2-7(11)9-8(10)12/h2-3,6H,4-5H2,1H3,(H,9,11,12)(H2,13,14,15). The number of hydrogen-bond acceptors (Lipinski definition) is 4. The molecule has 0 bridgehead atoms. The summed E-state index contributed by atoms with van der Waals surface area (Å²) >= 11 is 0. The Hall–Kier alpha value is -1.21. The van der Waals surface area contributed by atoms with Gasteiger partial charge in [0, 0.05) is 12.3 Å². The van der Waals surface area contributed by atoms with Crippen LogP contribution in [0.25, 0.3) is 0 Å². The summed E-state index contributed by atoms with van der Waals surface area (Å²) in [4.78, 5) is 41.3. The predicted molar refractivity (Wildman–Crippen MR) is 58.8 cm³/mol. The molecule has 0 aromatic carbocycles. The Morgan fingerprint density at radius 2 is 2.18 bits per heavy atom. The molecule has 17 heavy (non-hydrogen) atoms. The van der Waals surface area contributed by atoms with E-state index in [1.54, 1.807) is 6.92 Å². The zero-order valence-corrected chi connectivity index (χ0v) is 9.96. The second-order valence-electron chi connectivity index (χ2n) is 3.53. The molecule has 0 aliphatic rings. The van der Waals surface area contributed by atoms with Crippen LogP contribution in [0.5, 0.6) is 0 Å². The summed E-state index contributed by atoms with van der Waals surface area (Å²) < 4.78 is 16.6. The van der Waals surface area contributed by atoms with E-state index in [4.69, 9.17) is 14.5 Å². The Balaban J connectivity index is 2.62. The largest absolute Gasteiger partial charge is 0.364 e. The second kappa shape index (κ2) is 5.42. The number of aromatic nitrogens is 2. The number of hydrogen-bond donors (Lipinski definition) is 3. The smallest absolute Gasteiger partial charge is 0.350 e. The molecule has 1 rings (SSSR count). The maximum absolute atomic E-state index is 11.3. The number of rotatable bonds is 5. The molecule has 1 heterocycles. The highest BCUT2D eigenvalue weighted by Crippen LogP contribution is 2.34. The third-order valence-electron chi connectivity index (χ3n) is 1.88. The first kappa shape index (κ1) is 13.9. The number of nitrogens with zero attached hydrogens (tertiary/aromatic N) is 1. The first-order valence-corrected chi connectivity index (χ1v) is 6.53. The molecule has 1 aromatic rings. The molecule has 0 saturated heterocycles. The van der Waals surface area contributed by atoms with Crippen molar-refractivity contribution >= 4 is 7.60 Å². The lowest BCUT2D eigenvalue weighted by atomic mass is 10.4. The highest BCUT2D eigenvalue weighted by Gasteiger charge is 2.15. The molecular formula is C8H13N2O6P. The minimum Gasteiger partial charge on any atom is -0.364 e. The van der Waals surface area contributed by atoms with Crippen LogP contribution < -0.4 is 11.2 Å². The molecule has 1 aromatic heterocycles. The van der Waals surface area contributed by atoms with E-state index in [0.717, 1.165) is 0 Å². The van der Waals surface area contributed by atoms with Gasteiger partial charge in [-0.15, -0.1) is 0 Å². The van der Waals surface area contributed by atoms with Gasteiger partial charge in [-0.1, -0.05) is 0 Å². The highest BCUT2D eigenvalue weighted by atomic mass is 31.2. The van der Waals surface area contributed by atoms with Gasteiger partial charge in [0.25, 0.3) is 5.56 Å². The fourth-order valence-corrected chi connectivity index (χ4v) is 1.59. The van der Waals surface area contributed by atoms with E-state index >= 15 is 0 Å². The summed E-state index contributed by atoms with van der Waals surface area (Å²) in [5.74, 6) is 0. The first-order chi connectivity index (χ1) is 7.78. The zero-order valence-electron chi connectivity index (χ0n) is 9.07. The lowest BCUT2D eigenvalue weighted by molar-refractivity contribution is 0.0746. The molecule has 1 atom stereocenters. The van der Waals surface area contributed by atoms with Gasteiger partial charge in [0.1, 0.15) is 6.35 Å². The van der Waals surface area contributed by atoms with Gasteiger partial charge in [0.15, 0.2) is 0 Å². The summed E-state index contributed by atoms with van der Waals surface area (Å²) in [7, 11) is -4.21. The van der Waals surface area contributed by atoms with Gasteiger partial charge in [-0.25, -0.2) is 4.79 Å². The van der Waals surface area contributed by atoms with Gasteiger partial charge in [-0.3, -0.25) is 18.9 Å². The van der Waals surface area contributed by atoms with Crippen LogP contribution in [0.1, 0.15) is 6.92 Å². The molecule has 0 saturated carbocycles. The van der Waals surface area contributed by atoms with Crippen molar-refractivity contribution in [2.24, 2.45) is 0 Å². The van der Waals surface area contributed by atoms with E-state index in [2.05, 4.69) is 4.98 Å². The Kier molecular flexibility index (Phi) is 4.41. The van der Waals surface area contributed by atoms with Crippen molar-refractivity contribution < 1.29 is 19.1 Å². The summed E-state index contributed by atoms with van der Waals surface area (Å²) in [6.45, 7) is 1.66. The van der Waals surface area contributed by atoms with Gasteiger partial charge >= 0.3 is 13.3 Å². The lowest BCUT2D eigenvalue weighted by Gasteiger charge is -2.14.